The van der Waals surface area contributed by atoms with E-state index in [1.807, 2.05) is 0 Å². The molecule has 1 aromatic heterocycles. The number of carboxylic acid groups (broad SMARTS) is 1. The van der Waals surface area contributed by atoms with Crippen LogP contribution in [-0.2, 0) is 16.6 Å². The summed E-state index contributed by atoms with van der Waals surface area (Å²) in [5.41, 5.74) is 0. The molecule has 1 aliphatic rings. The SMILES string of the molecule is O=C(O)c1ccc(CS(=O)CC2CCCC2)o1. The minimum absolute atomic E-state index is 0.0853. The number of rotatable bonds is 5. The lowest BCUT2D eigenvalue weighted by atomic mass is 10.1. The van der Waals surface area contributed by atoms with Crippen molar-refractivity contribution in [1.82, 2.24) is 0 Å². The first-order valence-electron chi connectivity index (χ1n) is 5.82. The molecule has 0 amide bonds. The predicted octanol–water partition coefficient (Wildman–Crippen LogP) is 2.42. The second-order valence-corrected chi connectivity index (χ2v) is 5.97. The molecule has 0 saturated heterocycles. The Morgan fingerprint density at radius 3 is 2.71 bits per heavy atom. The van der Waals surface area contributed by atoms with E-state index < -0.39 is 16.8 Å². The third-order valence-electron chi connectivity index (χ3n) is 3.07. The van der Waals surface area contributed by atoms with Crippen molar-refractivity contribution < 1.29 is 18.5 Å². The van der Waals surface area contributed by atoms with E-state index >= 15 is 0 Å². The summed E-state index contributed by atoms with van der Waals surface area (Å²) in [6.07, 6.45) is 4.83. The number of hydrogen-bond acceptors (Lipinski definition) is 3. The van der Waals surface area contributed by atoms with Gasteiger partial charge in [-0.1, -0.05) is 12.8 Å². The Morgan fingerprint density at radius 2 is 2.12 bits per heavy atom. The van der Waals surface area contributed by atoms with Crippen molar-refractivity contribution in [1.29, 1.82) is 0 Å². The van der Waals surface area contributed by atoms with Gasteiger partial charge in [-0.15, -0.1) is 0 Å². The standard InChI is InChI=1S/C12H16O4S/c13-12(14)11-6-5-10(16-11)8-17(15)7-9-3-1-2-4-9/h5-6,9H,1-4,7-8H2,(H,13,14). The number of aromatic carboxylic acids is 1. The van der Waals surface area contributed by atoms with Gasteiger partial charge in [-0.25, -0.2) is 4.79 Å². The van der Waals surface area contributed by atoms with Gasteiger partial charge in [0.1, 0.15) is 5.76 Å². The largest absolute Gasteiger partial charge is 0.475 e. The summed E-state index contributed by atoms with van der Waals surface area (Å²) in [6, 6.07) is 3.00. The van der Waals surface area contributed by atoms with Crippen molar-refractivity contribution in [2.24, 2.45) is 5.92 Å². The second kappa shape index (κ2) is 5.49. The van der Waals surface area contributed by atoms with Crippen LogP contribution in [0.3, 0.4) is 0 Å². The molecule has 0 bridgehead atoms. The zero-order chi connectivity index (χ0) is 12.3. The van der Waals surface area contributed by atoms with E-state index in [0.29, 0.717) is 23.2 Å². The minimum Gasteiger partial charge on any atom is -0.475 e. The van der Waals surface area contributed by atoms with E-state index in [2.05, 4.69) is 0 Å². The van der Waals surface area contributed by atoms with Gasteiger partial charge >= 0.3 is 5.97 Å². The van der Waals surface area contributed by atoms with Crippen molar-refractivity contribution in [2.45, 2.75) is 31.4 Å². The first kappa shape index (κ1) is 12.4. The molecule has 0 aromatic carbocycles. The summed E-state index contributed by atoms with van der Waals surface area (Å²) < 4.78 is 16.9. The highest BCUT2D eigenvalue weighted by Gasteiger charge is 2.19. The molecule has 1 aromatic rings. The minimum atomic E-state index is -1.09. The lowest BCUT2D eigenvalue weighted by Crippen LogP contribution is -2.09. The first-order valence-corrected chi connectivity index (χ1v) is 7.31. The molecule has 1 N–H and O–H groups in total. The fraction of sp³-hybridized carbons (Fsp3) is 0.583. The summed E-state index contributed by atoms with van der Waals surface area (Å²) in [5.74, 6) is 0.937. The van der Waals surface area contributed by atoms with Crippen LogP contribution < -0.4 is 0 Å². The zero-order valence-corrected chi connectivity index (χ0v) is 10.4. The van der Waals surface area contributed by atoms with E-state index in [-0.39, 0.29) is 5.76 Å². The molecule has 94 valence electrons. The van der Waals surface area contributed by atoms with Gasteiger partial charge in [0.2, 0.25) is 5.76 Å². The zero-order valence-electron chi connectivity index (χ0n) is 9.55. The van der Waals surface area contributed by atoms with Gasteiger partial charge in [-0.2, -0.15) is 0 Å². The quantitative estimate of drug-likeness (QED) is 0.878. The Bertz CT molecular complexity index is 418. The molecule has 2 rings (SSSR count). The van der Waals surface area contributed by atoms with E-state index in [4.69, 9.17) is 9.52 Å². The van der Waals surface area contributed by atoms with Gasteiger partial charge in [0.25, 0.3) is 0 Å². The molecule has 0 aliphatic heterocycles. The van der Waals surface area contributed by atoms with Crippen molar-refractivity contribution in [3.8, 4) is 0 Å². The molecular formula is C12H16O4S. The molecule has 1 saturated carbocycles. The van der Waals surface area contributed by atoms with Gasteiger partial charge in [0.05, 0.1) is 5.75 Å². The van der Waals surface area contributed by atoms with Crippen LogP contribution in [0.4, 0.5) is 0 Å². The van der Waals surface area contributed by atoms with E-state index in [9.17, 15) is 9.00 Å². The molecule has 1 fully saturated rings. The summed E-state index contributed by atoms with van der Waals surface area (Å²) in [7, 11) is -0.947. The van der Waals surface area contributed by atoms with Crippen LogP contribution in [0.15, 0.2) is 16.5 Å². The lowest BCUT2D eigenvalue weighted by molar-refractivity contribution is 0.0661. The third-order valence-corrected chi connectivity index (χ3v) is 4.52. The van der Waals surface area contributed by atoms with Gasteiger partial charge in [-0.3, -0.25) is 4.21 Å². The average Bonchev–Trinajstić information content (AvgIpc) is 2.88. The molecule has 1 atom stereocenters. The van der Waals surface area contributed by atoms with E-state index in [1.54, 1.807) is 6.07 Å². The average molecular weight is 256 g/mol. The summed E-state index contributed by atoms with van der Waals surface area (Å²) in [5, 5.41) is 8.69. The third kappa shape index (κ3) is 3.43. The summed E-state index contributed by atoms with van der Waals surface area (Å²) in [6.45, 7) is 0. The van der Waals surface area contributed by atoms with Crippen LogP contribution in [0.5, 0.6) is 0 Å². The number of furan rings is 1. The molecule has 0 spiro atoms. The normalized spacial score (nSPS) is 18.4. The first-order chi connectivity index (χ1) is 8.15. The highest BCUT2D eigenvalue weighted by molar-refractivity contribution is 7.84. The van der Waals surface area contributed by atoms with Crippen LogP contribution in [0.25, 0.3) is 0 Å². The fourth-order valence-electron chi connectivity index (χ4n) is 2.23. The summed E-state index contributed by atoms with van der Waals surface area (Å²) in [4.78, 5) is 10.6. The van der Waals surface area contributed by atoms with Crippen LogP contribution in [-0.4, -0.2) is 21.0 Å². The van der Waals surface area contributed by atoms with Crippen LogP contribution in [0.1, 0.15) is 42.0 Å². The molecule has 17 heavy (non-hydrogen) atoms. The maximum absolute atomic E-state index is 11.9. The smallest absolute Gasteiger partial charge is 0.371 e. The summed E-state index contributed by atoms with van der Waals surface area (Å²) >= 11 is 0. The molecule has 1 heterocycles. The molecule has 4 nitrogen and oxygen atoms in total. The van der Waals surface area contributed by atoms with Gasteiger partial charge < -0.3 is 9.52 Å². The molecule has 5 heteroatoms. The van der Waals surface area contributed by atoms with Crippen LogP contribution >= 0.6 is 0 Å². The molecule has 1 unspecified atom stereocenters. The van der Waals surface area contributed by atoms with Gasteiger partial charge in [0, 0.05) is 16.6 Å². The Labute approximate surface area is 102 Å². The second-order valence-electron chi connectivity index (χ2n) is 4.47. The monoisotopic (exact) mass is 256 g/mol. The number of hydrogen-bond donors (Lipinski definition) is 1. The van der Waals surface area contributed by atoms with E-state index in [1.165, 1.54) is 31.7 Å². The predicted molar refractivity (Wildman–Crippen MR) is 64.3 cm³/mol. The number of carbonyl (C=O) groups is 1. The highest BCUT2D eigenvalue weighted by Crippen LogP contribution is 2.26. The van der Waals surface area contributed by atoms with Crippen LogP contribution in [0.2, 0.25) is 0 Å². The lowest BCUT2D eigenvalue weighted by Gasteiger charge is -2.06. The number of carboxylic acids is 1. The Morgan fingerprint density at radius 1 is 1.41 bits per heavy atom. The highest BCUT2D eigenvalue weighted by atomic mass is 32.2. The van der Waals surface area contributed by atoms with Gasteiger partial charge in [0.15, 0.2) is 0 Å². The van der Waals surface area contributed by atoms with Gasteiger partial charge in [-0.05, 0) is 30.9 Å². The molecule has 0 radical (unpaired) electrons. The van der Waals surface area contributed by atoms with Crippen molar-refractivity contribution in [3.05, 3.63) is 23.7 Å². The Balaban J connectivity index is 1.86. The topological polar surface area (TPSA) is 67.5 Å². The van der Waals surface area contributed by atoms with Crippen LogP contribution in [0, 0.1) is 5.92 Å². The van der Waals surface area contributed by atoms with E-state index in [0.717, 1.165) is 0 Å². The van der Waals surface area contributed by atoms with Crippen molar-refractivity contribution in [3.63, 3.8) is 0 Å². The van der Waals surface area contributed by atoms with Crippen molar-refractivity contribution >= 4 is 16.8 Å². The maximum atomic E-state index is 11.9. The molecular weight excluding hydrogens is 240 g/mol. The maximum Gasteiger partial charge on any atom is 0.371 e. The Kier molecular flexibility index (Phi) is 3.99. The fourth-order valence-corrected chi connectivity index (χ4v) is 3.68. The molecule has 1 aliphatic carbocycles. The Hall–Kier alpha value is -1.10. The van der Waals surface area contributed by atoms with Crippen molar-refractivity contribution in [2.75, 3.05) is 5.75 Å².